The molecule has 0 spiro atoms. The minimum Gasteiger partial charge on any atom is -0.385 e. The predicted octanol–water partition coefficient (Wildman–Crippen LogP) is 2.12. The number of methoxy groups -OCH3 is 1. The van der Waals surface area contributed by atoms with E-state index in [9.17, 15) is 0 Å². The van der Waals surface area contributed by atoms with Crippen molar-refractivity contribution in [2.24, 2.45) is 5.92 Å². The Balaban J connectivity index is 2.27. The van der Waals surface area contributed by atoms with Gasteiger partial charge in [0.2, 0.25) is 0 Å². The predicted molar refractivity (Wildman–Crippen MR) is 73.4 cm³/mol. The fourth-order valence-corrected chi connectivity index (χ4v) is 2.54. The summed E-state index contributed by atoms with van der Waals surface area (Å²) in [7, 11) is 1.79. The average molecular weight is 242 g/mol. The lowest BCUT2D eigenvalue weighted by Crippen LogP contribution is -2.45. The van der Waals surface area contributed by atoms with Gasteiger partial charge in [-0.25, -0.2) is 0 Å². The molecule has 2 atom stereocenters. The van der Waals surface area contributed by atoms with Crippen molar-refractivity contribution in [2.45, 2.75) is 52.1 Å². The van der Waals surface area contributed by atoms with E-state index in [0.717, 1.165) is 18.9 Å². The summed E-state index contributed by atoms with van der Waals surface area (Å²) in [6.07, 6.45) is 3.88. The van der Waals surface area contributed by atoms with Gasteiger partial charge in [-0.15, -0.1) is 0 Å². The van der Waals surface area contributed by atoms with Gasteiger partial charge in [-0.1, -0.05) is 13.8 Å². The van der Waals surface area contributed by atoms with Gasteiger partial charge in [0, 0.05) is 32.3 Å². The van der Waals surface area contributed by atoms with Crippen LogP contribution in [0.25, 0.3) is 0 Å². The lowest BCUT2D eigenvalue weighted by Gasteiger charge is -2.37. The normalized spacial score (nSPS) is 24.2. The van der Waals surface area contributed by atoms with Gasteiger partial charge in [-0.3, -0.25) is 0 Å². The van der Waals surface area contributed by atoms with Crippen molar-refractivity contribution in [3.05, 3.63) is 0 Å². The Kier molecular flexibility index (Phi) is 7.09. The Morgan fingerprint density at radius 1 is 1.35 bits per heavy atom. The summed E-state index contributed by atoms with van der Waals surface area (Å²) in [5.74, 6) is 0.830. The van der Waals surface area contributed by atoms with E-state index in [1.807, 2.05) is 0 Å². The first-order valence-corrected chi connectivity index (χ1v) is 7.09. The molecule has 1 heterocycles. The molecule has 0 aliphatic carbocycles. The van der Waals surface area contributed by atoms with Gasteiger partial charge >= 0.3 is 0 Å². The van der Waals surface area contributed by atoms with Crippen LogP contribution in [0.1, 0.15) is 40.0 Å². The Morgan fingerprint density at radius 3 is 2.76 bits per heavy atom. The topological polar surface area (TPSA) is 24.5 Å². The first kappa shape index (κ1) is 14.9. The van der Waals surface area contributed by atoms with Crippen LogP contribution in [-0.4, -0.2) is 50.3 Å². The maximum absolute atomic E-state index is 5.17. The van der Waals surface area contributed by atoms with Gasteiger partial charge in [-0.2, -0.15) is 0 Å². The molecule has 3 heteroatoms. The van der Waals surface area contributed by atoms with Crippen molar-refractivity contribution in [3.8, 4) is 0 Å². The number of ether oxygens (including phenoxy) is 1. The standard InChI is InChI=1S/C14H30N2O/c1-12(2)15-10-14-6-5-8-16(11-14)13(3)7-9-17-4/h12-15H,5-11H2,1-4H3. The smallest absolute Gasteiger partial charge is 0.0477 e. The fourth-order valence-electron chi connectivity index (χ4n) is 2.54. The van der Waals surface area contributed by atoms with Gasteiger partial charge < -0.3 is 15.0 Å². The van der Waals surface area contributed by atoms with Crippen LogP contribution >= 0.6 is 0 Å². The lowest BCUT2D eigenvalue weighted by molar-refractivity contribution is 0.0989. The molecule has 1 N–H and O–H groups in total. The Labute approximate surface area is 107 Å². The molecule has 0 amide bonds. The van der Waals surface area contributed by atoms with Gasteiger partial charge in [0.1, 0.15) is 0 Å². The summed E-state index contributed by atoms with van der Waals surface area (Å²) in [5, 5.41) is 3.57. The summed E-state index contributed by atoms with van der Waals surface area (Å²) >= 11 is 0. The number of nitrogens with zero attached hydrogens (tertiary/aromatic N) is 1. The molecule has 1 aliphatic rings. The van der Waals surface area contributed by atoms with Crippen LogP contribution in [0, 0.1) is 5.92 Å². The van der Waals surface area contributed by atoms with E-state index in [4.69, 9.17) is 4.74 Å². The van der Waals surface area contributed by atoms with Crippen LogP contribution in [0.4, 0.5) is 0 Å². The zero-order valence-corrected chi connectivity index (χ0v) is 12.0. The number of likely N-dealkylation sites (tertiary alicyclic amines) is 1. The molecule has 0 saturated carbocycles. The van der Waals surface area contributed by atoms with Crippen LogP contribution < -0.4 is 5.32 Å². The molecule has 0 bridgehead atoms. The summed E-state index contributed by atoms with van der Waals surface area (Å²) in [4.78, 5) is 2.63. The third-order valence-electron chi connectivity index (χ3n) is 3.73. The molecule has 1 fully saturated rings. The number of nitrogens with one attached hydrogen (secondary N) is 1. The van der Waals surface area contributed by atoms with Crippen molar-refractivity contribution in [1.29, 1.82) is 0 Å². The van der Waals surface area contributed by atoms with Crippen molar-refractivity contribution in [1.82, 2.24) is 10.2 Å². The first-order valence-electron chi connectivity index (χ1n) is 7.09. The van der Waals surface area contributed by atoms with Crippen LogP contribution in [0.2, 0.25) is 0 Å². The average Bonchev–Trinajstić information content (AvgIpc) is 2.33. The number of hydrogen-bond donors (Lipinski definition) is 1. The number of hydrogen-bond acceptors (Lipinski definition) is 3. The molecular weight excluding hydrogens is 212 g/mol. The van der Waals surface area contributed by atoms with E-state index in [2.05, 4.69) is 31.0 Å². The van der Waals surface area contributed by atoms with E-state index in [1.165, 1.54) is 32.5 Å². The summed E-state index contributed by atoms with van der Waals surface area (Å²) in [6, 6.07) is 1.27. The van der Waals surface area contributed by atoms with Crippen molar-refractivity contribution in [3.63, 3.8) is 0 Å². The highest BCUT2D eigenvalue weighted by molar-refractivity contribution is 4.78. The molecule has 3 nitrogen and oxygen atoms in total. The molecule has 1 aliphatic heterocycles. The maximum atomic E-state index is 5.17. The second-order valence-electron chi connectivity index (χ2n) is 5.70. The van der Waals surface area contributed by atoms with Gasteiger partial charge in [-0.05, 0) is 45.2 Å². The van der Waals surface area contributed by atoms with Crippen molar-refractivity contribution >= 4 is 0 Å². The largest absolute Gasteiger partial charge is 0.385 e. The van der Waals surface area contributed by atoms with Crippen LogP contribution in [0.15, 0.2) is 0 Å². The molecule has 2 unspecified atom stereocenters. The lowest BCUT2D eigenvalue weighted by atomic mass is 9.96. The summed E-state index contributed by atoms with van der Waals surface area (Å²) in [5.41, 5.74) is 0. The quantitative estimate of drug-likeness (QED) is 0.740. The SMILES string of the molecule is COCCC(C)N1CCCC(CNC(C)C)C1. The molecule has 1 rings (SSSR count). The van der Waals surface area contributed by atoms with E-state index in [0.29, 0.717) is 12.1 Å². The second-order valence-corrected chi connectivity index (χ2v) is 5.70. The van der Waals surface area contributed by atoms with Crippen molar-refractivity contribution in [2.75, 3.05) is 33.4 Å². The molecule has 0 radical (unpaired) electrons. The van der Waals surface area contributed by atoms with Gasteiger partial charge in [0.15, 0.2) is 0 Å². The minimum atomic E-state index is 0.608. The van der Waals surface area contributed by atoms with E-state index < -0.39 is 0 Å². The first-order chi connectivity index (χ1) is 8.13. The van der Waals surface area contributed by atoms with E-state index in [1.54, 1.807) is 7.11 Å². The molecule has 0 aromatic carbocycles. The zero-order chi connectivity index (χ0) is 12.7. The summed E-state index contributed by atoms with van der Waals surface area (Å²) in [6.45, 7) is 11.4. The third-order valence-corrected chi connectivity index (χ3v) is 3.73. The van der Waals surface area contributed by atoms with E-state index >= 15 is 0 Å². The highest BCUT2D eigenvalue weighted by Crippen LogP contribution is 2.19. The number of piperidine rings is 1. The third kappa shape index (κ3) is 5.84. The number of rotatable bonds is 7. The van der Waals surface area contributed by atoms with Gasteiger partial charge in [0.25, 0.3) is 0 Å². The maximum Gasteiger partial charge on any atom is 0.0477 e. The Hall–Kier alpha value is -0.120. The summed E-state index contributed by atoms with van der Waals surface area (Å²) < 4.78 is 5.17. The Morgan fingerprint density at radius 2 is 2.12 bits per heavy atom. The molecule has 102 valence electrons. The van der Waals surface area contributed by atoms with Gasteiger partial charge in [0.05, 0.1) is 0 Å². The van der Waals surface area contributed by atoms with Crippen LogP contribution in [0.3, 0.4) is 0 Å². The van der Waals surface area contributed by atoms with Crippen molar-refractivity contribution < 1.29 is 4.74 Å². The van der Waals surface area contributed by atoms with E-state index in [-0.39, 0.29) is 0 Å². The zero-order valence-electron chi connectivity index (χ0n) is 12.0. The highest BCUT2D eigenvalue weighted by Gasteiger charge is 2.23. The van der Waals surface area contributed by atoms with Crippen LogP contribution in [-0.2, 0) is 4.74 Å². The molecule has 1 saturated heterocycles. The minimum absolute atomic E-state index is 0.608. The molecule has 0 aromatic rings. The second kappa shape index (κ2) is 8.06. The molecule has 0 aromatic heterocycles. The molecule has 17 heavy (non-hydrogen) atoms. The highest BCUT2D eigenvalue weighted by atomic mass is 16.5. The fraction of sp³-hybridized carbons (Fsp3) is 1.00. The monoisotopic (exact) mass is 242 g/mol. The Bertz CT molecular complexity index is 197. The molecular formula is C14H30N2O. The van der Waals surface area contributed by atoms with Crippen LogP contribution in [0.5, 0.6) is 0 Å².